The Hall–Kier alpha value is -1.97. The molecule has 2 rings (SSSR count). The molecule has 1 fully saturated rings. The van der Waals surface area contributed by atoms with Crippen molar-refractivity contribution in [3.63, 3.8) is 0 Å². The number of pyridine rings is 1. The average molecular weight is 282 g/mol. The average Bonchev–Trinajstić information content (AvgIpc) is 2.45. The van der Waals surface area contributed by atoms with Gasteiger partial charge in [-0.1, -0.05) is 0 Å². The van der Waals surface area contributed by atoms with Crippen LogP contribution in [0.5, 0.6) is 0 Å². The number of ether oxygens (including phenoxy) is 1. The SMILES string of the molecule is CN1CCOC(CNc2cc([N+](=O)[O-])cc(NN)n2)C1. The number of nitro groups is 1. The summed E-state index contributed by atoms with van der Waals surface area (Å²) in [4.78, 5) is 16.6. The Morgan fingerprint density at radius 2 is 2.35 bits per heavy atom. The number of nitrogen functional groups attached to an aromatic ring is 1. The summed E-state index contributed by atoms with van der Waals surface area (Å²) in [5.41, 5.74) is 2.24. The van der Waals surface area contributed by atoms with Gasteiger partial charge in [-0.15, -0.1) is 0 Å². The number of morpholine rings is 1. The fraction of sp³-hybridized carbons (Fsp3) is 0.545. The van der Waals surface area contributed by atoms with Crippen molar-refractivity contribution in [1.29, 1.82) is 0 Å². The van der Waals surface area contributed by atoms with Crippen molar-refractivity contribution in [2.75, 3.05) is 44.0 Å². The van der Waals surface area contributed by atoms with E-state index in [0.29, 0.717) is 19.0 Å². The van der Waals surface area contributed by atoms with E-state index in [1.54, 1.807) is 0 Å². The van der Waals surface area contributed by atoms with Crippen LogP contribution in [0.4, 0.5) is 17.3 Å². The molecule has 1 atom stereocenters. The van der Waals surface area contributed by atoms with Gasteiger partial charge in [0.15, 0.2) is 0 Å². The molecule has 4 N–H and O–H groups in total. The van der Waals surface area contributed by atoms with Crippen molar-refractivity contribution in [2.45, 2.75) is 6.10 Å². The van der Waals surface area contributed by atoms with Gasteiger partial charge in [0.05, 0.1) is 29.8 Å². The van der Waals surface area contributed by atoms with E-state index in [2.05, 4.69) is 20.6 Å². The molecule has 110 valence electrons. The van der Waals surface area contributed by atoms with Crippen molar-refractivity contribution in [1.82, 2.24) is 9.88 Å². The minimum absolute atomic E-state index is 0.0316. The van der Waals surface area contributed by atoms with Crippen molar-refractivity contribution >= 4 is 17.3 Å². The van der Waals surface area contributed by atoms with E-state index in [-0.39, 0.29) is 17.6 Å². The van der Waals surface area contributed by atoms with E-state index in [9.17, 15) is 10.1 Å². The van der Waals surface area contributed by atoms with Crippen LogP contribution < -0.4 is 16.6 Å². The second kappa shape index (κ2) is 6.46. The van der Waals surface area contributed by atoms with E-state index < -0.39 is 4.92 Å². The van der Waals surface area contributed by atoms with Gasteiger partial charge in [0.25, 0.3) is 5.69 Å². The zero-order chi connectivity index (χ0) is 14.5. The van der Waals surface area contributed by atoms with Crippen LogP contribution in [-0.4, -0.2) is 54.2 Å². The fourth-order valence-electron chi connectivity index (χ4n) is 1.99. The molecule has 1 unspecified atom stereocenters. The number of nitrogens with one attached hydrogen (secondary N) is 2. The highest BCUT2D eigenvalue weighted by Crippen LogP contribution is 2.20. The first kappa shape index (κ1) is 14.4. The Morgan fingerprint density at radius 1 is 1.60 bits per heavy atom. The van der Waals surface area contributed by atoms with Crippen molar-refractivity contribution in [2.24, 2.45) is 5.84 Å². The summed E-state index contributed by atoms with van der Waals surface area (Å²) in [6.45, 7) is 2.93. The highest BCUT2D eigenvalue weighted by molar-refractivity contribution is 5.54. The summed E-state index contributed by atoms with van der Waals surface area (Å²) in [7, 11) is 2.03. The standard InChI is InChI=1S/C11H18N6O3/c1-16-2-3-20-9(7-16)6-13-10-4-8(17(18)19)5-11(14-10)15-12/h4-5,9H,2-3,6-7,12H2,1H3,(H2,13,14,15). The monoisotopic (exact) mass is 282 g/mol. The molecule has 20 heavy (non-hydrogen) atoms. The number of nitrogens with two attached hydrogens (primary N) is 1. The van der Waals surface area contributed by atoms with Crippen molar-refractivity contribution in [3.05, 3.63) is 22.2 Å². The van der Waals surface area contributed by atoms with Gasteiger partial charge in [-0.05, 0) is 7.05 Å². The maximum absolute atomic E-state index is 10.8. The summed E-state index contributed by atoms with van der Waals surface area (Å²) in [6.07, 6.45) is 0.0316. The van der Waals surface area contributed by atoms with Crippen molar-refractivity contribution in [3.8, 4) is 0 Å². The highest BCUT2D eigenvalue weighted by Gasteiger charge is 2.18. The van der Waals surface area contributed by atoms with Gasteiger partial charge in [-0.2, -0.15) is 0 Å². The highest BCUT2D eigenvalue weighted by atomic mass is 16.6. The fourth-order valence-corrected chi connectivity index (χ4v) is 1.99. The number of hydrazine groups is 1. The van der Waals surface area contributed by atoms with E-state index >= 15 is 0 Å². The molecule has 0 aliphatic carbocycles. The Morgan fingerprint density at radius 3 is 3.00 bits per heavy atom. The number of aromatic nitrogens is 1. The predicted octanol–water partition coefficient (Wildman–Crippen LogP) is 0.0179. The second-order valence-corrected chi connectivity index (χ2v) is 4.63. The van der Waals surface area contributed by atoms with E-state index in [0.717, 1.165) is 13.1 Å². The van der Waals surface area contributed by atoms with Crippen LogP contribution in [0.25, 0.3) is 0 Å². The van der Waals surface area contributed by atoms with Gasteiger partial charge in [0, 0.05) is 19.6 Å². The number of rotatable bonds is 5. The van der Waals surface area contributed by atoms with Gasteiger partial charge in [0.2, 0.25) is 0 Å². The maximum atomic E-state index is 10.8. The smallest absolute Gasteiger partial charge is 0.276 e. The minimum atomic E-state index is -0.488. The van der Waals surface area contributed by atoms with Crippen LogP contribution in [0.15, 0.2) is 12.1 Å². The Kier molecular flexibility index (Phi) is 4.66. The van der Waals surface area contributed by atoms with Gasteiger partial charge in [-0.3, -0.25) is 10.1 Å². The molecular formula is C11H18N6O3. The molecule has 9 nitrogen and oxygen atoms in total. The Bertz CT molecular complexity index is 483. The van der Waals surface area contributed by atoms with Crippen LogP contribution in [-0.2, 0) is 4.74 Å². The van der Waals surface area contributed by atoms with Crippen LogP contribution in [0.3, 0.4) is 0 Å². The molecule has 9 heteroatoms. The summed E-state index contributed by atoms with van der Waals surface area (Å²) in [6, 6.07) is 2.64. The number of likely N-dealkylation sites (N-methyl/N-ethyl adjacent to an activating group) is 1. The number of anilines is 2. The number of nitrogens with zero attached hydrogens (tertiary/aromatic N) is 3. The molecule has 0 amide bonds. The van der Waals surface area contributed by atoms with Gasteiger partial charge in [-0.25, -0.2) is 10.8 Å². The Balaban J connectivity index is 2.01. The van der Waals surface area contributed by atoms with Crippen molar-refractivity contribution < 1.29 is 9.66 Å². The molecule has 0 saturated carbocycles. The van der Waals surface area contributed by atoms with E-state index in [4.69, 9.17) is 10.6 Å². The topological polar surface area (TPSA) is 119 Å². The lowest BCUT2D eigenvalue weighted by atomic mass is 10.3. The van der Waals surface area contributed by atoms with Gasteiger partial charge in [0.1, 0.15) is 11.6 Å². The van der Waals surface area contributed by atoms with E-state index in [1.807, 2.05) is 7.05 Å². The second-order valence-electron chi connectivity index (χ2n) is 4.63. The molecule has 0 bridgehead atoms. The van der Waals surface area contributed by atoms with E-state index in [1.165, 1.54) is 12.1 Å². The first-order valence-electron chi connectivity index (χ1n) is 6.25. The first-order chi connectivity index (χ1) is 9.58. The lowest BCUT2D eigenvalue weighted by Gasteiger charge is -2.30. The summed E-state index contributed by atoms with van der Waals surface area (Å²) in [5.74, 6) is 5.88. The summed E-state index contributed by atoms with van der Waals surface area (Å²) in [5, 5.41) is 13.9. The number of hydrogen-bond donors (Lipinski definition) is 3. The number of hydrogen-bond acceptors (Lipinski definition) is 8. The van der Waals surface area contributed by atoms with Crippen LogP contribution in [0.1, 0.15) is 0 Å². The van der Waals surface area contributed by atoms with Gasteiger partial charge < -0.3 is 20.4 Å². The molecule has 0 spiro atoms. The Labute approximate surface area is 116 Å². The third-order valence-electron chi connectivity index (χ3n) is 3.02. The quantitative estimate of drug-likeness (QED) is 0.393. The lowest BCUT2D eigenvalue weighted by Crippen LogP contribution is -2.43. The molecule has 1 aromatic heterocycles. The zero-order valence-electron chi connectivity index (χ0n) is 11.2. The first-order valence-corrected chi connectivity index (χ1v) is 6.25. The predicted molar refractivity (Wildman–Crippen MR) is 74.4 cm³/mol. The summed E-state index contributed by atoms with van der Waals surface area (Å²) >= 11 is 0. The molecule has 1 aromatic rings. The largest absolute Gasteiger partial charge is 0.374 e. The van der Waals surface area contributed by atoms with Crippen LogP contribution in [0, 0.1) is 10.1 Å². The zero-order valence-corrected chi connectivity index (χ0v) is 11.2. The lowest BCUT2D eigenvalue weighted by molar-refractivity contribution is -0.384. The van der Waals surface area contributed by atoms with Crippen LogP contribution in [0.2, 0.25) is 0 Å². The molecule has 0 radical (unpaired) electrons. The third kappa shape index (κ3) is 3.76. The van der Waals surface area contributed by atoms with Gasteiger partial charge >= 0.3 is 0 Å². The molecule has 1 aliphatic rings. The maximum Gasteiger partial charge on any atom is 0.276 e. The summed E-state index contributed by atoms with van der Waals surface area (Å²) < 4.78 is 5.60. The molecule has 2 heterocycles. The van der Waals surface area contributed by atoms with Crippen LogP contribution >= 0.6 is 0 Å². The third-order valence-corrected chi connectivity index (χ3v) is 3.02. The molecule has 0 aromatic carbocycles. The minimum Gasteiger partial charge on any atom is -0.374 e. The normalized spacial score (nSPS) is 19.6. The molecule has 1 saturated heterocycles. The molecule has 1 aliphatic heterocycles. The molecular weight excluding hydrogens is 264 g/mol.